The third-order valence-corrected chi connectivity index (χ3v) is 4.16. The van der Waals surface area contributed by atoms with Crippen LogP contribution in [0.5, 0.6) is 0 Å². The molecule has 2 aromatic carbocycles. The summed E-state index contributed by atoms with van der Waals surface area (Å²) in [6.45, 7) is 6.67. The fourth-order valence-electron chi connectivity index (χ4n) is 2.24. The largest absolute Gasteiger partial charge is 0.369 e. The first-order valence-corrected chi connectivity index (χ1v) is 6.67. The van der Waals surface area contributed by atoms with E-state index in [0.29, 0.717) is 0 Å². The van der Waals surface area contributed by atoms with Crippen LogP contribution in [-0.2, 0) is 0 Å². The van der Waals surface area contributed by atoms with E-state index >= 15 is 0 Å². The Morgan fingerprint density at radius 2 is 1.74 bits per heavy atom. The van der Waals surface area contributed by atoms with Gasteiger partial charge in [-0.2, -0.15) is 5.26 Å². The van der Waals surface area contributed by atoms with Crippen molar-refractivity contribution in [3.8, 4) is 6.07 Å². The van der Waals surface area contributed by atoms with Crippen molar-refractivity contribution >= 4 is 16.5 Å². The number of rotatable bonds is 3. The Bertz CT molecular complexity index is 635. The van der Waals surface area contributed by atoms with Crippen LogP contribution in [0.3, 0.4) is 0 Å². The Kier molecular flexibility index (Phi) is 3.48. The molecule has 0 heterocycles. The van der Waals surface area contributed by atoms with Crippen molar-refractivity contribution in [3.63, 3.8) is 0 Å². The van der Waals surface area contributed by atoms with E-state index in [4.69, 9.17) is 0 Å². The second kappa shape index (κ2) is 4.93. The van der Waals surface area contributed by atoms with E-state index in [-0.39, 0.29) is 5.54 Å². The normalized spacial score (nSPS) is 11.3. The van der Waals surface area contributed by atoms with Gasteiger partial charge in [0.05, 0.1) is 11.6 Å². The monoisotopic (exact) mass is 252 g/mol. The summed E-state index contributed by atoms with van der Waals surface area (Å²) >= 11 is 0. The molecule has 0 spiro atoms. The summed E-state index contributed by atoms with van der Waals surface area (Å²) in [7, 11) is 2.12. The Morgan fingerprint density at radius 3 is 2.32 bits per heavy atom. The molecule has 2 heteroatoms. The molecule has 98 valence electrons. The summed E-state index contributed by atoms with van der Waals surface area (Å²) in [5, 5.41) is 11.4. The molecule has 0 aliphatic heterocycles. The van der Waals surface area contributed by atoms with Gasteiger partial charge in [0.2, 0.25) is 0 Å². The van der Waals surface area contributed by atoms with Gasteiger partial charge in [-0.3, -0.25) is 0 Å². The maximum Gasteiger partial charge on any atom is 0.0998 e. The lowest BCUT2D eigenvalue weighted by atomic mass is 9.96. The Morgan fingerprint density at radius 1 is 1.11 bits per heavy atom. The third-order valence-electron chi connectivity index (χ3n) is 4.16. The van der Waals surface area contributed by atoms with Crippen LogP contribution in [0.2, 0.25) is 0 Å². The van der Waals surface area contributed by atoms with Crippen LogP contribution < -0.4 is 4.90 Å². The third kappa shape index (κ3) is 2.29. The molecule has 0 radical (unpaired) electrons. The van der Waals surface area contributed by atoms with Crippen LogP contribution in [0.1, 0.15) is 32.8 Å². The van der Waals surface area contributed by atoms with Gasteiger partial charge in [0.1, 0.15) is 0 Å². The van der Waals surface area contributed by atoms with Crippen molar-refractivity contribution in [1.29, 1.82) is 5.26 Å². The smallest absolute Gasteiger partial charge is 0.0998 e. The van der Waals surface area contributed by atoms with E-state index in [2.05, 4.69) is 50.9 Å². The minimum atomic E-state index is 0.0942. The van der Waals surface area contributed by atoms with Crippen molar-refractivity contribution in [1.82, 2.24) is 0 Å². The molecule has 0 bridgehead atoms. The molecular weight excluding hydrogens is 232 g/mol. The van der Waals surface area contributed by atoms with Crippen molar-refractivity contribution in [2.45, 2.75) is 32.7 Å². The topological polar surface area (TPSA) is 27.0 Å². The van der Waals surface area contributed by atoms with Crippen LogP contribution in [0, 0.1) is 11.3 Å². The SMILES string of the molecule is CCC(C)(C)N(C)c1ccc(C#N)c2ccccc12. The Hall–Kier alpha value is -2.01. The lowest BCUT2D eigenvalue weighted by molar-refractivity contribution is 0.472. The van der Waals surface area contributed by atoms with Crippen LogP contribution in [0.15, 0.2) is 36.4 Å². The second-order valence-corrected chi connectivity index (χ2v) is 5.51. The average Bonchev–Trinajstić information content (AvgIpc) is 2.45. The van der Waals surface area contributed by atoms with Gasteiger partial charge in [-0.25, -0.2) is 0 Å². The van der Waals surface area contributed by atoms with Crippen LogP contribution in [0.4, 0.5) is 5.69 Å². The molecule has 2 aromatic rings. The van der Waals surface area contributed by atoms with Crippen molar-refractivity contribution < 1.29 is 0 Å². The molecule has 0 aromatic heterocycles. The van der Waals surface area contributed by atoms with Gasteiger partial charge in [0, 0.05) is 29.0 Å². The maximum absolute atomic E-state index is 9.21. The zero-order chi connectivity index (χ0) is 14.0. The van der Waals surface area contributed by atoms with Crippen LogP contribution in [-0.4, -0.2) is 12.6 Å². The Balaban J connectivity index is 2.67. The predicted octanol–water partition coefficient (Wildman–Crippen LogP) is 4.34. The van der Waals surface area contributed by atoms with E-state index in [1.807, 2.05) is 24.3 Å². The summed E-state index contributed by atoms with van der Waals surface area (Å²) in [4.78, 5) is 2.30. The minimum absolute atomic E-state index is 0.0942. The van der Waals surface area contributed by atoms with E-state index in [9.17, 15) is 5.26 Å². The fourth-order valence-corrected chi connectivity index (χ4v) is 2.24. The van der Waals surface area contributed by atoms with E-state index < -0.39 is 0 Å². The highest BCUT2D eigenvalue weighted by Gasteiger charge is 2.23. The van der Waals surface area contributed by atoms with Crippen LogP contribution >= 0.6 is 0 Å². The molecule has 0 saturated carbocycles. The second-order valence-electron chi connectivity index (χ2n) is 5.51. The lowest BCUT2D eigenvalue weighted by Crippen LogP contribution is -2.40. The fraction of sp³-hybridized carbons (Fsp3) is 0.353. The average molecular weight is 252 g/mol. The number of benzene rings is 2. The highest BCUT2D eigenvalue weighted by atomic mass is 15.2. The summed E-state index contributed by atoms with van der Waals surface area (Å²) in [6, 6.07) is 14.4. The zero-order valence-corrected chi connectivity index (χ0v) is 12.1. The highest BCUT2D eigenvalue weighted by molar-refractivity contribution is 5.98. The number of anilines is 1. The summed E-state index contributed by atoms with van der Waals surface area (Å²) in [5.41, 5.74) is 2.01. The molecular formula is C17H20N2. The molecule has 0 aliphatic rings. The molecule has 0 aliphatic carbocycles. The molecule has 0 amide bonds. The highest BCUT2D eigenvalue weighted by Crippen LogP contribution is 2.33. The number of hydrogen-bond acceptors (Lipinski definition) is 2. The quantitative estimate of drug-likeness (QED) is 0.812. The number of nitrogens with zero attached hydrogens (tertiary/aromatic N) is 2. The number of fused-ring (bicyclic) bond motifs is 1. The maximum atomic E-state index is 9.21. The molecule has 0 unspecified atom stereocenters. The molecule has 2 nitrogen and oxygen atoms in total. The molecule has 19 heavy (non-hydrogen) atoms. The first kappa shape index (κ1) is 13.4. The van der Waals surface area contributed by atoms with Gasteiger partial charge in [-0.15, -0.1) is 0 Å². The Labute approximate surface area is 115 Å². The molecule has 0 saturated heterocycles. The summed E-state index contributed by atoms with van der Waals surface area (Å²) in [6.07, 6.45) is 1.07. The summed E-state index contributed by atoms with van der Waals surface area (Å²) < 4.78 is 0. The van der Waals surface area contributed by atoms with Crippen LogP contribution in [0.25, 0.3) is 10.8 Å². The van der Waals surface area contributed by atoms with Gasteiger partial charge in [0.25, 0.3) is 0 Å². The minimum Gasteiger partial charge on any atom is -0.369 e. The van der Waals surface area contributed by atoms with E-state index in [0.717, 1.165) is 22.8 Å². The van der Waals surface area contributed by atoms with Crippen molar-refractivity contribution in [3.05, 3.63) is 42.0 Å². The van der Waals surface area contributed by atoms with Crippen molar-refractivity contribution in [2.24, 2.45) is 0 Å². The lowest BCUT2D eigenvalue weighted by Gasteiger charge is -2.37. The molecule has 0 atom stereocenters. The first-order chi connectivity index (χ1) is 9.01. The first-order valence-electron chi connectivity index (χ1n) is 6.67. The molecule has 0 N–H and O–H groups in total. The zero-order valence-electron chi connectivity index (χ0n) is 12.1. The van der Waals surface area contributed by atoms with Gasteiger partial charge in [0.15, 0.2) is 0 Å². The van der Waals surface area contributed by atoms with Crippen molar-refractivity contribution in [2.75, 3.05) is 11.9 Å². The van der Waals surface area contributed by atoms with E-state index in [1.165, 1.54) is 5.69 Å². The number of nitriles is 1. The molecule has 0 fully saturated rings. The standard InChI is InChI=1S/C17H20N2/c1-5-17(2,3)19(4)16-11-10-13(12-18)14-8-6-7-9-15(14)16/h6-11H,5H2,1-4H3. The number of hydrogen-bond donors (Lipinski definition) is 0. The predicted molar refractivity (Wildman–Crippen MR) is 81.4 cm³/mol. The van der Waals surface area contributed by atoms with Gasteiger partial charge < -0.3 is 4.90 Å². The van der Waals surface area contributed by atoms with Gasteiger partial charge in [-0.05, 0) is 32.4 Å². The molecule has 2 rings (SSSR count). The summed E-state index contributed by atoms with van der Waals surface area (Å²) in [5.74, 6) is 0. The van der Waals surface area contributed by atoms with E-state index in [1.54, 1.807) is 0 Å². The van der Waals surface area contributed by atoms with Gasteiger partial charge >= 0.3 is 0 Å². The van der Waals surface area contributed by atoms with Gasteiger partial charge in [-0.1, -0.05) is 31.2 Å².